The molecule has 2 unspecified atom stereocenters. The molecule has 0 spiro atoms. The summed E-state index contributed by atoms with van der Waals surface area (Å²) in [6, 6.07) is 2.13. The van der Waals surface area contributed by atoms with Gasteiger partial charge >= 0.3 is 0 Å². The zero-order chi connectivity index (χ0) is 11.2. The van der Waals surface area contributed by atoms with Crippen molar-refractivity contribution in [3.63, 3.8) is 0 Å². The fraction of sp³-hybridized carbons (Fsp3) is 0.636. The largest absolute Gasteiger partial charge is 0.382 e. The van der Waals surface area contributed by atoms with Crippen molar-refractivity contribution in [3.8, 4) is 0 Å². The molecule has 1 aromatic rings. The van der Waals surface area contributed by atoms with Gasteiger partial charge in [0.05, 0.1) is 25.9 Å². The second kappa shape index (κ2) is 6.61. The molecule has 0 saturated carbocycles. The van der Waals surface area contributed by atoms with Crippen LogP contribution in [0, 0.1) is 0 Å². The molecule has 0 bridgehead atoms. The Hall–Kier alpha value is -0.0700. The fourth-order valence-corrected chi connectivity index (χ4v) is 3.04. The lowest BCUT2D eigenvalue weighted by Gasteiger charge is -2.15. The Bertz CT molecular complexity index is 285. The van der Waals surface area contributed by atoms with E-state index >= 15 is 0 Å². The zero-order valence-electron chi connectivity index (χ0n) is 9.26. The minimum atomic E-state index is 0.152. The van der Waals surface area contributed by atoms with Gasteiger partial charge in [-0.2, -0.15) is 11.3 Å². The van der Waals surface area contributed by atoms with Crippen LogP contribution in [0.3, 0.4) is 0 Å². The van der Waals surface area contributed by atoms with Crippen molar-refractivity contribution < 1.29 is 14.2 Å². The van der Waals surface area contributed by atoms with Gasteiger partial charge in [0.15, 0.2) is 0 Å². The number of thioether (sulfide) groups is 1. The molecule has 2 atom stereocenters. The number of methoxy groups -OCH3 is 1. The van der Waals surface area contributed by atoms with Gasteiger partial charge in [-0.25, -0.2) is 0 Å². The topological polar surface area (TPSA) is 31.0 Å². The van der Waals surface area contributed by atoms with Crippen LogP contribution in [-0.2, 0) is 14.2 Å². The minimum Gasteiger partial charge on any atom is -0.382 e. The first kappa shape index (κ1) is 12.4. The molecule has 1 aliphatic rings. The van der Waals surface area contributed by atoms with Crippen molar-refractivity contribution >= 4 is 23.1 Å². The SMILES string of the molecule is COCC(CSc1ccsc1)OCC1CO1. The van der Waals surface area contributed by atoms with Crippen molar-refractivity contribution in [3.05, 3.63) is 16.8 Å². The molecule has 0 radical (unpaired) electrons. The average Bonchev–Trinajstić information content (AvgIpc) is 2.97. The summed E-state index contributed by atoms with van der Waals surface area (Å²) in [7, 11) is 1.71. The summed E-state index contributed by atoms with van der Waals surface area (Å²) in [5, 5.41) is 4.24. The molecule has 0 aliphatic carbocycles. The summed E-state index contributed by atoms with van der Waals surface area (Å²) < 4.78 is 16.0. The third-order valence-electron chi connectivity index (χ3n) is 2.20. The van der Waals surface area contributed by atoms with Gasteiger partial charge in [-0.3, -0.25) is 0 Å². The van der Waals surface area contributed by atoms with E-state index < -0.39 is 0 Å². The second-order valence-electron chi connectivity index (χ2n) is 3.64. The molecular weight excluding hydrogens is 244 g/mol. The number of ether oxygens (including phenoxy) is 3. The number of thiophene rings is 1. The molecule has 2 rings (SSSR count). The van der Waals surface area contributed by atoms with Crippen LogP contribution in [0.1, 0.15) is 0 Å². The van der Waals surface area contributed by atoms with Crippen LogP contribution in [0.5, 0.6) is 0 Å². The Morgan fingerprint density at radius 3 is 3.19 bits per heavy atom. The van der Waals surface area contributed by atoms with Crippen LogP contribution in [0.15, 0.2) is 21.7 Å². The summed E-state index contributed by atoms with van der Waals surface area (Å²) >= 11 is 3.53. The molecule has 1 aromatic heterocycles. The summed E-state index contributed by atoms with van der Waals surface area (Å²) in [6.07, 6.45) is 0.476. The van der Waals surface area contributed by atoms with Crippen LogP contribution in [0.25, 0.3) is 0 Å². The Morgan fingerprint density at radius 2 is 2.56 bits per heavy atom. The Morgan fingerprint density at radius 1 is 1.69 bits per heavy atom. The van der Waals surface area contributed by atoms with Crippen LogP contribution in [-0.4, -0.2) is 44.9 Å². The molecule has 0 aromatic carbocycles. The van der Waals surface area contributed by atoms with Crippen molar-refractivity contribution in [2.24, 2.45) is 0 Å². The molecule has 1 fully saturated rings. The van der Waals surface area contributed by atoms with Gasteiger partial charge in [-0.1, -0.05) is 0 Å². The van der Waals surface area contributed by atoms with Crippen molar-refractivity contribution in [1.82, 2.24) is 0 Å². The van der Waals surface area contributed by atoms with Crippen LogP contribution < -0.4 is 0 Å². The lowest BCUT2D eigenvalue weighted by molar-refractivity contribution is 0.00566. The van der Waals surface area contributed by atoms with Gasteiger partial charge in [-0.05, 0) is 11.4 Å². The highest BCUT2D eigenvalue weighted by Gasteiger charge is 2.24. The van der Waals surface area contributed by atoms with Gasteiger partial charge in [0.25, 0.3) is 0 Å². The number of epoxide rings is 1. The first-order valence-corrected chi connectivity index (χ1v) is 7.18. The van der Waals surface area contributed by atoms with Gasteiger partial charge in [0.1, 0.15) is 6.10 Å². The summed E-state index contributed by atoms with van der Waals surface area (Å²) in [5.74, 6) is 0.928. The van der Waals surface area contributed by atoms with Gasteiger partial charge < -0.3 is 14.2 Å². The summed E-state index contributed by atoms with van der Waals surface area (Å²) in [6.45, 7) is 2.18. The Labute approximate surface area is 104 Å². The van der Waals surface area contributed by atoms with E-state index in [0.717, 1.165) is 12.4 Å². The molecule has 0 amide bonds. The third kappa shape index (κ3) is 4.43. The van der Waals surface area contributed by atoms with E-state index in [1.807, 2.05) is 11.8 Å². The molecular formula is C11H16O3S2. The maximum absolute atomic E-state index is 5.74. The number of hydrogen-bond donors (Lipinski definition) is 0. The minimum absolute atomic E-state index is 0.152. The van der Waals surface area contributed by atoms with Gasteiger partial charge in [0, 0.05) is 23.1 Å². The second-order valence-corrected chi connectivity index (χ2v) is 5.51. The van der Waals surface area contributed by atoms with Crippen molar-refractivity contribution in [1.29, 1.82) is 0 Å². The molecule has 16 heavy (non-hydrogen) atoms. The zero-order valence-corrected chi connectivity index (χ0v) is 10.9. The quantitative estimate of drug-likeness (QED) is 0.530. The van der Waals surface area contributed by atoms with E-state index in [-0.39, 0.29) is 6.10 Å². The summed E-state index contributed by atoms with van der Waals surface area (Å²) in [5.41, 5.74) is 0. The number of rotatable bonds is 8. The van der Waals surface area contributed by atoms with E-state index in [4.69, 9.17) is 14.2 Å². The smallest absolute Gasteiger partial charge is 0.104 e. The highest BCUT2D eigenvalue weighted by molar-refractivity contribution is 7.99. The van der Waals surface area contributed by atoms with E-state index in [9.17, 15) is 0 Å². The third-order valence-corrected chi connectivity index (χ3v) is 4.16. The predicted molar refractivity (Wildman–Crippen MR) is 66.4 cm³/mol. The van der Waals surface area contributed by atoms with E-state index in [0.29, 0.717) is 19.3 Å². The monoisotopic (exact) mass is 260 g/mol. The van der Waals surface area contributed by atoms with Crippen LogP contribution in [0.4, 0.5) is 0 Å². The normalized spacial score (nSPS) is 20.9. The predicted octanol–water partition coefficient (Wildman–Crippen LogP) is 2.27. The van der Waals surface area contributed by atoms with Gasteiger partial charge in [-0.15, -0.1) is 11.8 Å². The van der Waals surface area contributed by atoms with E-state index in [2.05, 4.69) is 16.8 Å². The van der Waals surface area contributed by atoms with Crippen LogP contribution in [0.2, 0.25) is 0 Å². The summed E-state index contributed by atoms with van der Waals surface area (Å²) in [4.78, 5) is 1.30. The molecule has 0 N–H and O–H groups in total. The number of hydrogen-bond acceptors (Lipinski definition) is 5. The molecule has 1 aliphatic heterocycles. The van der Waals surface area contributed by atoms with Crippen molar-refractivity contribution in [2.45, 2.75) is 17.1 Å². The van der Waals surface area contributed by atoms with Gasteiger partial charge in [0.2, 0.25) is 0 Å². The standard InChI is InChI=1S/C11H16O3S2/c1-12-4-10(14-6-9-5-13-9)7-16-11-2-3-15-8-11/h2-3,8-10H,4-7H2,1H3. The Kier molecular flexibility index (Phi) is 5.12. The van der Waals surface area contributed by atoms with E-state index in [1.165, 1.54) is 4.90 Å². The molecule has 3 nitrogen and oxygen atoms in total. The first-order chi connectivity index (χ1) is 7.88. The molecule has 1 saturated heterocycles. The lowest BCUT2D eigenvalue weighted by Crippen LogP contribution is -2.24. The highest BCUT2D eigenvalue weighted by atomic mass is 32.2. The van der Waals surface area contributed by atoms with Crippen molar-refractivity contribution in [2.75, 3.05) is 32.7 Å². The lowest BCUT2D eigenvalue weighted by atomic mass is 10.4. The average molecular weight is 260 g/mol. The maximum atomic E-state index is 5.74. The first-order valence-electron chi connectivity index (χ1n) is 5.25. The highest BCUT2D eigenvalue weighted by Crippen LogP contribution is 2.22. The maximum Gasteiger partial charge on any atom is 0.104 e. The van der Waals surface area contributed by atoms with Crippen LogP contribution >= 0.6 is 23.1 Å². The molecule has 90 valence electrons. The fourth-order valence-electron chi connectivity index (χ4n) is 1.26. The molecule has 5 heteroatoms. The Balaban J connectivity index is 1.68. The van der Waals surface area contributed by atoms with E-state index in [1.54, 1.807) is 18.4 Å². The molecule has 2 heterocycles.